The highest BCUT2D eigenvalue weighted by Crippen LogP contribution is 2.02. The Bertz CT molecular complexity index is 203. The van der Waals surface area contributed by atoms with Crippen LogP contribution in [0.2, 0.25) is 0 Å². The SMILES string of the molecule is Cl.Nc1cccc(CCl)n1. The second kappa shape index (κ2) is 4.36. The van der Waals surface area contributed by atoms with Crippen molar-refractivity contribution in [1.82, 2.24) is 4.98 Å². The number of hydrogen-bond acceptors (Lipinski definition) is 2. The van der Waals surface area contributed by atoms with E-state index in [2.05, 4.69) is 4.98 Å². The zero-order valence-electron chi connectivity index (χ0n) is 5.25. The van der Waals surface area contributed by atoms with Crippen molar-refractivity contribution in [2.75, 3.05) is 5.73 Å². The van der Waals surface area contributed by atoms with E-state index in [1.54, 1.807) is 6.07 Å². The molecule has 0 aromatic carbocycles. The summed E-state index contributed by atoms with van der Waals surface area (Å²) in [5, 5.41) is 0. The van der Waals surface area contributed by atoms with Crippen LogP contribution in [0.4, 0.5) is 5.82 Å². The number of nitrogen functional groups attached to an aromatic ring is 1. The van der Waals surface area contributed by atoms with Gasteiger partial charge in [0.15, 0.2) is 0 Å². The summed E-state index contributed by atoms with van der Waals surface area (Å²) in [6.07, 6.45) is 0. The van der Waals surface area contributed by atoms with Gasteiger partial charge in [0, 0.05) is 0 Å². The molecule has 0 radical (unpaired) electrons. The summed E-state index contributed by atoms with van der Waals surface area (Å²) in [4.78, 5) is 3.94. The molecule has 0 bridgehead atoms. The van der Waals surface area contributed by atoms with Gasteiger partial charge in [0.1, 0.15) is 5.82 Å². The Kier molecular flexibility index (Phi) is 4.16. The second-order valence-electron chi connectivity index (χ2n) is 1.69. The van der Waals surface area contributed by atoms with Crippen molar-refractivity contribution in [2.45, 2.75) is 5.88 Å². The van der Waals surface area contributed by atoms with Crippen LogP contribution >= 0.6 is 24.0 Å². The fourth-order valence-electron chi connectivity index (χ4n) is 0.573. The summed E-state index contributed by atoms with van der Waals surface area (Å²) < 4.78 is 0. The molecule has 2 nitrogen and oxygen atoms in total. The summed E-state index contributed by atoms with van der Waals surface area (Å²) in [7, 11) is 0. The maximum absolute atomic E-state index is 5.48. The highest BCUT2D eigenvalue weighted by molar-refractivity contribution is 6.16. The van der Waals surface area contributed by atoms with Gasteiger partial charge in [-0.25, -0.2) is 4.98 Å². The van der Waals surface area contributed by atoms with Crippen LogP contribution in [0.3, 0.4) is 0 Å². The first-order valence-electron chi connectivity index (χ1n) is 2.60. The molecule has 0 amide bonds. The predicted molar refractivity (Wildman–Crippen MR) is 45.5 cm³/mol. The largest absolute Gasteiger partial charge is 0.384 e. The van der Waals surface area contributed by atoms with Gasteiger partial charge in [-0.1, -0.05) is 6.07 Å². The van der Waals surface area contributed by atoms with Gasteiger partial charge in [-0.2, -0.15) is 0 Å². The van der Waals surface area contributed by atoms with Crippen molar-refractivity contribution in [3.63, 3.8) is 0 Å². The van der Waals surface area contributed by atoms with Crippen LogP contribution in [0.15, 0.2) is 18.2 Å². The lowest BCUT2D eigenvalue weighted by molar-refractivity contribution is 1.18. The van der Waals surface area contributed by atoms with Crippen LogP contribution in [-0.4, -0.2) is 4.98 Å². The molecule has 10 heavy (non-hydrogen) atoms. The van der Waals surface area contributed by atoms with E-state index in [0.29, 0.717) is 11.7 Å². The average Bonchev–Trinajstić information content (AvgIpc) is 1.88. The van der Waals surface area contributed by atoms with Gasteiger partial charge in [-0.05, 0) is 12.1 Å². The van der Waals surface area contributed by atoms with Crippen LogP contribution in [0.5, 0.6) is 0 Å². The lowest BCUT2D eigenvalue weighted by Gasteiger charge is -1.93. The molecule has 0 spiro atoms. The third kappa shape index (κ3) is 2.42. The first-order chi connectivity index (χ1) is 4.33. The molecule has 0 aliphatic rings. The zero-order valence-corrected chi connectivity index (χ0v) is 6.82. The zero-order chi connectivity index (χ0) is 6.69. The Balaban J connectivity index is 0.000000810. The first kappa shape index (κ1) is 9.53. The first-order valence-corrected chi connectivity index (χ1v) is 3.14. The van der Waals surface area contributed by atoms with Crippen LogP contribution in [0, 0.1) is 0 Å². The van der Waals surface area contributed by atoms with Crippen molar-refractivity contribution in [1.29, 1.82) is 0 Å². The molecule has 1 heterocycles. The molecule has 0 unspecified atom stereocenters. The normalized spacial score (nSPS) is 8.50. The van der Waals surface area contributed by atoms with E-state index in [4.69, 9.17) is 17.3 Å². The van der Waals surface area contributed by atoms with Crippen molar-refractivity contribution in [2.24, 2.45) is 0 Å². The molecule has 1 aromatic rings. The number of hydrogen-bond donors (Lipinski definition) is 1. The van der Waals surface area contributed by atoms with Gasteiger partial charge < -0.3 is 5.73 Å². The van der Waals surface area contributed by atoms with Gasteiger partial charge in [-0.15, -0.1) is 24.0 Å². The monoisotopic (exact) mass is 178 g/mol. The molecule has 0 aliphatic carbocycles. The quantitative estimate of drug-likeness (QED) is 0.667. The van der Waals surface area contributed by atoms with Gasteiger partial charge in [-0.3, -0.25) is 0 Å². The topological polar surface area (TPSA) is 38.9 Å². The molecule has 1 rings (SSSR count). The van der Waals surface area contributed by atoms with Crippen molar-refractivity contribution < 1.29 is 0 Å². The fraction of sp³-hybridized carbons (Fsp3) is 0.167. The van der Waals surface area contributed by atoms with Gasteiger partial charge in [0.2, 0.25) is 0 Å². The third-order valence-corrected chi connectivity index (χ3v) is 1.24. The minimum Gasteiger partial charge on any atom is -0.384 e. The maximum Gasteiger partial charge on any atom is 0.123 e. The molecule has 1 aromatic heterocycles. The van der Waals surface area contributed by atoms with E-state index in [1.165, 1.54) is 0 Å². The molecule has 56 valence electrons. The molecular weight excluding hydrogens is 171 g/mol. The number of halogens is 2. The fourth-order valence-corrected chi connectivity index (χ4v) is 0.721. The van der Waals surface area contributed by atoms with Crippen molar-refractivity contribution >= 4 is 29.8 Å². The molecule has 0 saturated carbocycles. The van der Waals surface area contributed by atoms with Gasteiger partial charge >= 0.3 is 0 Å². The van der Waals surface area contributed by atoms with E-state index in [-0.39, 0.29) is 12.4 Å². The van der Waals surface area contributed by atoms with Crippen LogP contribution in [0.25, 0.3) is 0 Å². The van der Waals surface area contributed by atoms with Crippen LogP contribution in [-0.2, 0) is 5.88 Å². The van der Waals surface area contributed by atoms with Gasteiger partial charge in [0.05, 0.1) is 11.6 Å². The van der Waals surface area contributed by atoms with E-state index in [9.17, 15) is 0 Å². The van der Waals surface area contributed by atoms with E-state index in [1.807, 2.05) is 12.1 Å². The molecule has 0 atom stereocenters. The summed E-state index contributed by atoms with van der Waals surface area (Å²) in [6.45, 7) is 0. The Morgan fingerprint density at radius 2 is 2.20 bits per heavy atom. The Hall–Kier alpha value is -0.470. The lowest BCUT2D eigenvalue weighted by atomic mass is 10.4. The molecule has 0 fully saturated rings. The Morgan fingerprint density at radius 3 is 2.60 bits per heavy atom. The Morgan fingerprint density at radius 1 is 1.50 bits per heavy atom. The van der Waals surface area contributed by atoms with E-state index >= 15 is 0 Å². The third-order valence-electron chi connectivity index (χ3n) is 0.965. The minimum atomic E-state index is 0. The summed E-state index contributed by atoms with van der Waals surface area (Å²) in [5.74, 6) is 0.943. The van der Waals surface area contributed by atoms with Crippen LogP contribution < -0.4 is 5.73 Å². The number of nitrogens with two attached hydrogens (primary N) is 1. The second-order valence-corrected chi connectivity index (χ2v) is 1.95. The standard InChI is InChI=1S/C6H7ClN2.ClH/c7-4-5-2-1-3-6(8)9-5;/h1-3H,4H2,(H2,8,9);1H. The number of rotatable bonds is 1. The average molecular weight is 179 g/mol. The van der Waals surface area contributed by atoms with E-state index < -0.39 is 0 Å². The smallest absolute Gasteiger partial charge is 0.123 e. The number of pyridine rings is 1. The molecule has 2 N–H and O–H groups in total. The van der Waals surface area contributed by atoms with E-state index in [0.717, 1.165) is 5.69 Å². The predicted octanol–water partition coefficient (Wildman–Crippen LogP) is 1.82. The lowest BCUT2D eigenvalue weighted by Crippen LogP contribution is -1.91. The molecule has 0 saturated heterocycles. The molecule has 0 aliphatic heterocycles. The summed E-state index contributed by atoms with van der Waals surface area (Å²) in [6, 6.07) is 5.40. The highest BCUT2D eigenvalue weighted by atomic mass is 35.5. The number of aromatic nitrogens is 1. The van der Waals surface area contributed by atoms with Crippen LogP contribution in [0.1, 0.15) is 5.69 Å². The summed E-state index contributed by atoms with van der Waals surface area (Å²) in [5.41, 5.74) is 6.18. The number of alkyl halides is 1. The summed E-state index contributed by atoms with van der Waals surface area (Å²) >= 11 is 5.48. The maximum atomic E-state index is 5.48. The Labute approximate surface area is 70.8 Å². The number of nitrogens with zero attached hydrogens (tertiary/aromatic N) is 1. The molecule has 4 heteroatoms. The van der Waals surface area contributed by atoms with Crippen molar-refractivity contribution in [3.05, 3.63) is 23.9 Å². The minimum absolute atomic E-state index is 0. The number of anilines is 1. The van der Waals surface area contributed by atoms with Crippen molar-refractivity contribution in [3.8, 4) is 0 Å². The molecular formula is C6H8Cl2N2. The highest BCUT2D eigenvalue weighted by Gasteiger charge is 1.89. The van der Waals surface area contributed by atoms with Gasteiger partial charge in [0.25, 0.3) is 0 Å².